The Hall–Kier alpha value is -1.73. The maximum atomic E-state index is 12.7. The van der Waals surface area contributed by atoms with Crippen LogP contribution < -0.4 is 10.5 Å². The van der Waals surface area contributed by atoms with Crippen LogP contribution in [0.3, 0.4) is 0 Å². The van der Waals surface area contributed by atoms with Gasteiger partial charge in [-0.25, -0.2) is 4.68 Å². The second-order valence-corrected chi connectivity index (χ2v) is 3.32. The lowest BCUT2D eigenvalue weighted by Gasteiger charge is -2.16. The zero-order valence-corrected chi connectivity index (χ0v) is 8.04. The minimum atomic E-state index is -4.70. The Morgan fingerprint density at radius 1 is 1.50 bits per heavy atom. The molecule has 2 N–H and O–H groups in total. The maximum Gasteiger partial charge on any atom is 0.423 e. The molecule has 88 valence electrons. The topological polar surface area (TPSA) is 70.1 Å². The average molecular weight is 235 g/mol. The van der Waals surface area contributed by atoms with Crippen molar-refractivity contribution in [3.05, 3.63) is 11.3 Å². The van der Waals surface area contributed by atoms with E-state index in [1.165, 1.54) is 0 Å². The molecule has 1 aromatic rings. The summed E-state index contributed by atoms with van der Waals surface area (Å²) in [4.78, 5) is 10.9. The number of carbonyl (C=O) groups is 1. The van der Waals surface area contributed by atoms with Crippen LogP contribution in [0.25, 0.3) is 0 Å². The van der Waals surface area contributed by atoms with Crippen LogP contribution in [0.2, 0.25) is 0 Å². The number of alkyl halides is 3. The van der Waals surface area contributed by atoms with Crippen molar-refractivity contribution in [2.45, 2.75) is 19.1 Å². The summed E-state index contributed by atoms with van der Waals surface area (Å²) in [5.74, 6) is -1.63. The van der Waals surface area contributed by atoms with Crippen molar-refractivity contribution in [3.8, 4) is 5.88 Å². The van der Waals surface area contributed by atoms with Gasteiger partial charge in [-0.2, -0.15) is 18.3 Å². The van der Waals surface area contributed by atoms with Gasteiger partial charge in [-0.1, -0.05) is 0 Å². The first-order valence-electron chi connectivity index (χ1n) is 4.52. The van der Waals surface area contributed by atoms with Gasteiger partial charge in [-0.05, 0) is 0 Å². The summed E-state index contributed by atoms with van der Waals surface area (Å²) in [6, 6.07) is 0. The lowest BCUT2D eigenvalue weighted by molar-refractivity contribution is -0.139. The number of rotatable bonds is 1. The first-order chi connectivity index (χ1) is 7.41. The molecule has 1 aromatic heterocycles. The third-order valence-corrected chi connectivity index (χ3v) is 2.18. The highest BCUT2D eigenvalue weighted by molar-refractivity contribution is 5.93. The Labute approximate surface area is 88.0 Å². The number of halogens is 3. The number of primary amides is 1. The first-order valence-corrected chi connectivity index (χ1v) is 4.52. The fraction of sp³-hybridized carbons (Fsp3) is 0.500. The fourth-order valence-electron chi connectivity index (χ4n) is 1.56. The summed E-state index contributed by atoms with van der Waals surface area (Å²) < 4.78 is 44.0. The summed E-state index contributed by atoms with van der Waals surface area (Å²) in [7, 11) is 0. The zero-order valence-electron chi connectivity index (χ0n) is 8.04. The van der Waals surface area contributed by atoms with Crippen molar-refractivity contribution in [2.75, 3.05) is 6.61 Å². The molecule has 0 unspecified atom stereocenters. The minimum absolute atomic E-state index is 0.174. The second kappa shape index (κ2) is 3.39. The molecule has 0 atom stereocenters. The largest absolute Gasteiger partial charge is 0.477 e. The first kappa shape index (κ1) is 10.8. The number of hydrogen-bond acceptors (Lipinski definition) is 3. The molecule has 0 fully saturated rings. The molecule has 0 aliphatic carbocycles. The van der Waals surface area contributed by atoms with Gasteiger partial charge < -0.3 is 10.5 Å². The Bertz CT molecular complexity index is 438. The molecule has 0 bridgehead atoms. The number of aromatic nitrogens is 2. The summed E-state index contributed by atoms with van der Waals surface area (Å²) >= 11 is 0. The van der Waals surface area contributed by atoms with E-state index in [0.717, 1.165) is 4.68 Å². The van der Waals surface area contributed by atoms with Crippen molar-refractivity contribution < 1.29 is 22.7 Å². The van der Waals surface area contributed by atoms with Gasteiger partial charge in [0.05, 0.1) is 6.61 Å². The number of hydrogen-bond donors (Lipinski definition) is 1. The Kier molecular flexibility index (Phi) is 2.28. The van der Waals surface area contributed by atoms with Crippen LogP contribution in [0.15, 0.2) is 0 Å². The summed E-state index contributed by atoms with van der Waals surface area (Å²) in [6.45, 7) is 0.457. The second-order valence-electron chi connectivity index (χ2n) is 3.32. The SMILES string of the molecule is NC(=O)c1nn2c(c1C(F)(F)F)OCCC2. The van der Waals surface area contributed by atoms with E-state index in [1.54, 1.807) is 0 Å². The van der Waals surface area contributed by atoms with E-state index in [2.05, 4.69) is 5.10 Å². The van der Waals surface area contributed by atoms with Crippen LogP contribution in [0.4, 0.5) is 13.2 Å². The van der Waals surface area contributed by atoms with E-state index in [4.69, 9.17) is 10.5 Å². The highest BCUT2D eigenvalue weighted by Crippen LogP contribution is 2.39. The van der Waals surface area contributed by atoms with Crippen molar-refractivity contribution in [1.82, 2.24) is 9.78 Å². The van der Waals surface area contributed by atoms with Gasteiger partial charge in [0, 0.05) is 13.0 Å². The molecule has 0 spiro atoms. The number of amides is 1. The molecule has 1 aliphatic heterocycles. The number of carbonyl (C=O) groups excluding carboxylic acids is 1. The molecule has 1 aliphatic rings. The van der Waals surface area contributed by atoms with E-state index >= 15 is 0 Å². The lowest BCUT2D eigenvalue weighted by atomic mass is 10.2. The van der Waals surface area contributed by atoms with Crippen LogP contribution in [0.1, 0.15) is 22.5 Å². The van der Waals surface area contributed by atoms with Crippen molar-refractivity contribution in [3.63, 3.8) is 0 Å². The van der Waals surface area contributed by atoms with Crippen LogP contribution in [0.5, 0.6) is 5.88 Å². The lowest BCUT2D eigenvalue weighted by Crippen LogP contribution is -2.19. The summed E-state index contributed by atoms with van der Waals surface area (Å²) in [5, 5.41) is 3.51. The monoisotopic (exact) mass is 235 g/mol. The molecule has 8 heteroatoms. The van der Waals surface area contributed by atoms with E-state index in [-0.39, 0.29) is 13.2 Å². The van der Waals surface area contributed by atoms with Crippen LogP contribution in [-0.2, 0) is 12.7 Å². The van der Waals surface area contributed by atoms with Gasteiger partial charge in [0.1, 0.15) is 0 Å². The van der Waals surface area contributed by atoms with E-state index in [0.29, 0.717) is 6.42 Å². The Morgan fingerprint density at radius 2 is 2.19 bits per heavy atom. The highest BCUT2D eigenvalue weighted by Gasteiger charge is 2.43. The molecule has 0 saturated heterocycles. The molecular weight excluding hydrogens is 227 g/mol. The predicted molar refractivity (Wildman–Crippen MR) is 45.9 cm³/mol. The third kappa shape index (κ3) is 1.59. The number of nitrogens with zero attached hydrogens (tertiary/aromatic N) is 2. The Morgan fingerprint density at radius 3 is 2.75 bits per heavy atom. The van der Waals surface area contributed by atoms with Crippen LogP contribution in [-0.4, -0.2) is 22.3 Å². The third-order valence-electron chi connectivity index (χ3n) is 2.18. The van der Waals surface area contributed by atoms with E-state index < -0.39 is 29.2 Å². The standard InChI is InChI=1S/C8H8F3N3O2/c9-8(10,11)4-5(6(12)15)13-14-2-1-3-16-7(4)14/h1-3H2,(H2,12,15). The number of fused-ring (bicyclic) bond motifs is 1. The van der Waals surface area contributed by atoms with Crippen LogP contribution >= 0.6 is 0 Å². The maximum absolute atomic E-state index is 12.7. The quantitative estimate of drug-likeness (QED) is 0.782. The molecule has 0 radical (unpaired) electrons. The van der Waals surface area contributed by atoms with Gasteiger partial charge in [0.25, 0.3) is 5.91 Å². The van der Waals surface area contributed by atoms with Gasteiger partial charge in [0.15, 0.2) is 11.3 Å². The van der Waals surface area contributed by atoms with Crippen molar-refractivity contribution >= 4 is 5.91 Å². The van der Waals surface area contributed by atoms with Crippen LogP contribution in [0, 0.1) is 0 Å². The van der Waals surface area contributed by atoms with Gasteiger partial charge in [0.2, 0.25) is 5.88 Å². The highest BCUT2D eigenvalue weighted by atomic mass is 19.4. The molecule has 2 heterocycles. The van der Waals surface area contributed by atoms with Crippen molar-refractivity contribution in [2.24, 2.45) is 5.73 Å². The normalized spacial score (nSPS) is 15.4. The summed E-state index contributed by atoms with van der Waals surface area (Å²) in [5.41, 5.74) is 2.88. The Balaban J connectivity index is 2.62. The average Bonchev–Trinajstić information content (AvgIpc) is 2.55. The fourth-order valence-corrected chi connectivity index (χ4v) is 1.56. The number of nitrogens with two attached hydrogens (primary N) is 1. The molecule has 1 amide bonds. The molecule has 0 saturated carbocycles. The van der Waals surface area contributed by atoms with E-state index in [1.807, 2.05) is 0 Å². The molecule has 5 nitrogen and oxygen atoms in total. The number of ether oxygens (including phenoxy) is 1. The van der Waals surface area contributed by atoms with Gasteiger partial charge in [-0.15, -0.1) is 0 Å². The zero-order chi connectivity index (χ0) is 11.9. The summed E-state index contributed by atoms with van der Waals surface area (Å²) in [6.07, 6.45) is -4.15. The predicted octanol–water partition coefficient (Wildman–Crippen LogP) is 0.783. The van der Waals surface area contributed by atoms with Gasteiger partial charge >= 0.3 is 6.18 Å². The molecule has 16 heavy (non-hydrogen) atoms. The smallest absolute Gasteiger partial charge is 0.423 e. The molecular formula is C8H8F3N3O2. The van der Waals surface area contributed by atoms with E-state index in [9.17, 15) is 18.0 Å². The molecule has 0 aromatic carbocycles. The van der Waals surface area contributed by atoms with Crippen molar-refractivity contribution in [1.29, 1.82) is 0 Å². The molecule has 2 rings (SSSR count). The number of aryl methyl sites for hydroxylation is 1. The van der Waals surface area contributed by atoms with Gasteiger partial charge in [-0.3, -0.25) is 4.79 Å². The minimum Gasteiger partial charge on any atom is -0.477 e.